The first kappa shape index (κ1) is 22.1. The van der Waals surface area contributed by atoms with E-state index in [0.29, 0.717) is 41.2 Å². The van der Waals surface area contributed by atoms with Gasteiger partial charge in [-0.1, -0.05) is 19.1 Å². The molecule has 9 heteroatoms. The summed E-state index contributed by atoms with van der Waals surface area (Å²) in [6, 6.07) is 3.68. The smallest absolute Gasteiger partial charge is 0.343 e. The number of ether oxygens (including phenoxy) is 3. The number of aliphatic hydroxyl groups is 2. The molecule has 0 aliphatic carbocycles. The van der Waals surface area contributed by atoms with Crippen LogP contribution < -0.4 is 9.47 Å². The lowest BCUT2D eigenvalue weighted by Crippen LogP contribution is -2.45. The van der Waals surface area contributed by atoms with Crippen LogP contribution in [0.15, 0.2) is 35.4 Å². The van der Waals surface area contributed by atoms with E-state index in [0.717, 1.165) is 16.5 Å². The molecule has 4 heterocycles. The number of cyclic esters (lactones) is 1. The Bertz CT molecular complexity index is 1310. The molecule has 2 aromatic rings. The third kappa shape index (κ3) is 3.27. The zero-order valence-electron chi connectivity index (χ0n) is 18.8. The van der Waals surface area contributed by atoms with Crippen molar-refractivity contribution in [2.75, 3.05) is 27.1 Å². The Morgan fingerprint density at radius 1 is 1.24 bits per heavy atom. The molecule has 0 radical (unpaired) electrons. The molecular formula is C25H24N2O7. The quantitative estimate of drug-likeness (QED) is 0.506. The number of nitrogens with zero attached hydrogens (tertiary/aromatic N) is 2. The summed E-state index contributed by atoms with van der Waals surface area (Å²) in [4.78, 5) is 31.0. The van der Waals surface area contributed by atoms with E-state index in [1.165, 1.54) is 0 Å². The topological polar surface area (TPSA) is 118 Å². The van der Waals surface area contributed by atoms with E-state index < -0.39 is 11.6 Å². The first-order valence-electron chi connectivity index (χ1n) is 11.0. The summed E-state index contributed by atoms with van der Waals surface area (Å²) in [7, 11) is 1.87. The van der Waals surface area contributed by atoms with Crippen LogP contribution in [0.3, 0.4) is 0 Å². The van der Waals surface area contributed by atoms with Gasteiger partial charge >= 0.3 is 5.97 Å². The molecule has 0 unspecified atom stereocenters. The van der Waals surface area contributed by atoms with Gasteiger partial charge in [-0.25, -0.2) is 9.78 Å². The predicted octanol–water partition coefficient (Wildman–Crippen LogP) is 1.95. The van der Waals surface area contributed by atoms with E-state index in [1.54, 1.807) is 25.1 Å². The Balaban J connectivity index is 1.76. The van der Waals surface area contributed by atoms with Crippen molar-refractivity contribution in [3.63, 3.8) is 0 Å². The number of rotatable bonds is 5. The summed E-state index contributed by atoms with van der Waals surface area (Å²) in [5.74, 6) is 0.443. The summed E-state index contributed by atoms with van der Waals surface area (Å²) in [6.45, 7) is 1.98. The molecule has 0 spiro atoms. The van der Waals surface area contributed by atoms with Crippen molar-refractivity contribution < 1.29 is 34.0 Å². The Morgan fingerprint density at radius 3 is 2.71 bits per heavy atom. The molecule has 9 nitrogen and oxygen atoms in total. The molecule has 1 aromatic heterocycles. The molecule has 0 fully saturated rings. The van der Waals surface area contributed by atoms with Crippen LogP contribution >= 0.6 is 0 Å². The molecule has 3 aliphatic heterocycles. The third-order valence-electron chi connectivity index (χ3n) is 6.49. The van der Waals surface area contributed by atoms with Crippen LogP contribution in [-0.4, -0.2) is 65.0 Å². The zero-order chi connectivity index (χ0) is 24.0. The highest BCUT2D eigenvalue weighted by molar-refractivity contribution is 5.96. The number of aromatic nitrogens is 1. The lowest BCUT2D eigenvalue weighted by molar-refractivity contribution is -0.162. The highest BCUT2D eigenvalue weighted by atomic mass is 16.7. The fourth-order valence-electron chi connectivity index (χ4n) is 4.63. The molecule has 0 bridgehead atoms. The van der Waals surface area contributed by atoms with Gasteiger partial charge in [0.25, 0.3) is 0 Å². The molecule has 176 valence electrons. The summed E-state index contributed by atoms with van der Waals surface area (Å²) in [6.07, 6.45) is 5.82. The Hall–Kier alpha value is -3.69. The maximum atomic E-state index is 12.4. The lowest BCUT2D eigenvalue weighted by atomic mass is 9.85. The molecule has 0 amide bonds. The van der Waals surface area contributed by atoms with Crippen molar-refractivity contribution in [1.29, 1.82) is 0 Å². The number of aliphatic hydroxyl groups excluding tert-OH is 1. The molecule has 1 atom stereocenters. The van der Waals surface area contributed by atoms with Crippen molar-refractivity contribution in [3.8, 4) is 11.5 Å². The summed E-state index contributed by atoms with van der Waals surface area (Å²) in [5.41, 5.74) is 2.27. The van der Waals surface area contributed by atoms with Crippen LogP contribution in [0.4, 0.5) is 0 Å². The van der Waals surface area contributed by atoms with Gasteiger partial charge in [-0.2, -0.15) is 0 Å². The van der Waals surface area contributed by atoms with Gasteiger partial charge in [0, 0.05) is 41.8 Å². The molecule has 1 aromatic carbocycles. The molecule has 3 aliphatic rings. The van der Waals surface area contributed by atoms with Crippen LogP contribution in [0.2, 0.25) is 0 Å². The maximum absolute atomic E-state index is 12.4. The summed E-state index contributed by atoms with van der Waals surface area (Å²) < 4.78 is 16.1. The van der Waals surface area contributed by atoms with Crippen molar-refractivity contribution in [2.24, 2.45) is 0 Å². The highest BCUT2D eigenvalue weighted by Gasteiger charge is 2.44. The van der Waals surface area contributed by atoms with E-state index >= 15 is 0 Å². The number of carbonyl (C=O) groups excluding carboxylic acids is 2. The SMILES string of the molecule is CC[C@@]1(O)C(=O)OCC(C=O)=C1/C=C1/c2nc3cc4c(cc3c(/C=C/CO)c2CN1C)OCO4. The van der Waals surface area contributed by atoms with Gasteiger partial charge in [0.15, 0.2) is 17.1 Å². The monoisotopic (exact) mass is 464 g/mol. The second kappa shape index (κ2) is 8.27. The van der Waals surface area contributed by atoms with Crippen LogP contribution in [0.5, 0.6) is 11.5 Å². The molecule has 0 saturated carbocycles. The first-order valence-corrected chi connectivity index (χ1v) is 11.0. The molecule has 0 saturated heterocycles. The van der Waals surface area contributed by atoms with E-state index in [2.05, 4.69) is 0 Å². The lowest BCUT2D eigenvalue weighted by Gasteiger charge is -2.32. The first-order chi connectivity index (χ1) is 16.4. The van der Waals surface area contributed by atoms with E-state index in [1.807, 2.05) is 24.1 Å². The molecule has 34 heavy (non-hydrogen) atoms. The number of pyridine rings is 1. The number of fused-ring (bicyclic) bond motifs is 3. The molecule has 5 rings (SSSR count). The standard InChI is InChI=1S/C25H24N2O7/c1-3-25(31)18(14(11-29)12-32-24(25)30)8-20-23-17(10-27(20)2)15(5-4-6-28)16-7-21-22(34-13-33-21)9-19(16)26-23/h4-5,7-9,11,28,31H,3,6,10,12-13H2,1-2H3/b5-4+,20-8-/t25-/m0/s1. The number of hydrogen-bond acceptors (Lipinski definition) is 9. The van der Waals surface area contributed by atoms with Gasteiger partial charge in [0.2, 0.25) is 6.79 Å². The summed E-state index contributed by atoms with van der Waals surface area (Å²) in [5, 5.41) is 21.4. The van der Waals surface area contributed by atoms with Gasteiger partial charge < -0.3 is 29.3 Å². The average Bonchev–Trinajstić information content (AvgIpc) is 3.42. The largest absolute Gasteiger partial charge is 0.458 e. The number of esters is 1. The minimum absolute atomic E-state index is 0.0535. The zero-order valence-corrected chi connectivity index (χ0v) is 18.8. The second-order valence-electron chi connectivity index (χ2n) is 8.39. The fourth-order valence-corrected chi connectivity index (χ4v) is 4.63. The minimum Gasteiger partial charge on any atom is -0.458 e. The van der Waals surface area contributed by atoms with Crippen molar-refractivity contribution >= 4 is 34.9 Å². The van der Waals surface area contributed by atoms with Crippen molar-refractivity contribution in [2.45, 2.75) is 25.5 Å². The normalized spacial score (nSPS) is 22.8. The maximum Gasteiger partial charge on any atom is 0.343 e. The van der Waals surface area contributed by atoms with Crippen molar-refractivity contribution in [3.05, 3.63) is 52.3 Å². The fraction of sp³-hybridized carbons (Fsp3) is 0.320. The number of aldehydes is 1. The molecular weight excluding hydrogens is 440 g/mol. The van der Waals surface area contributed by atoms with Gasteiger partial charge in [-0.05, 0) is 24.1 Å². The van der Waals surface area contributed by atoms with E-state index in [9.17, 15) is 19.8 Å². The van der Waals surface area contributed by atoms with Gasteiger partial charge in [0.05, 0.1) is 23.5 Å². The predicted molar refractivity (Wildman–Crippen MR) is 123 cm³/mol. The van der Waals surface area contributed by atoms with Gasteiger partial charge in [0.1, 0.15) is 12.9 Å². The molecule has 2 N–H and O–H groups in total. The highest BCUT2D eigenvalue weighted by Crippen LogP contribution is 2.43. The van der Waals surface area contributed by atoms with Crippen LogP contribution in [0.1, 0.15) is 30.2 Å². The minimum atomic E-state index is -1.92. The Morgan fingerprint density at radius 2 is 2.00 bits per heavy atom. The second-order valence-corrected chi connectivity index (χ2v) is 8.39. The van der Waals surface area contributed by atoms with E-state index in [-0.39, 0.29) is 37.6 Å². The van der Waals surface area contributed by atoms with Crippen LogP contribution in [0, 0.1) is 0 Å². The number of hydrogen-bond donors (Lipinski definition) is 2. The van der Waals surface area contributed by atoms with Crippen LogP contribution in [-0.2, 0) is 20.9 Å². The number of carbonyl (C=O) groups is 2. The Kier molecular flexibility index (Phi) is 5.38. The number of benzene rings is 1. The van der Waals surface area contributed by atoms with Crippen LogP contribution in [0.25, 0.3) is 22.7 Å². The van der Waals surface area contributed by atoms with Gasteiger partial charge in [-0.3, -0.25) is 4.79 Å². The average molecular weight is 464 g/mol. The summed E-state index contributed by atoms with van der Waals surface area (Å²) >= 11 is 0. The van der Waals surface area contributed by atoms with Gasteiger partial charge in [-0.15, -0.1) is 0 Å². The van der Waals surface area contributed by atoms with E-state index in [4.69, 9.17) is 19.2 Å². The Labute approximate surface area is 195 Å². The van der Waals surface area contributed by atoms with Crippen molar-refractivity contribution in [1.82, 2.24) is 9.88 Å². The third-order valence-corrected chi connectivity index (χ3v) is 6.49.